The molecule has 46 heavy (non-hydrogen) atoms. The molecule has 2 aromatic rings. The van der Waals surface area contributed by atoms with Crippen molar-refractivity contribution in [3.63, 3.8) is 0 Å². The predicted molar refractivity (Wildman–Crippen MR) is 143 cm³/mol. The number of benzene rings is 1. The molecule has 2 saturated heterocycles. The number of sulfone groups is 1. The van der Waals surface area contributed by atoms with E-state index in [0.717, 1.165) is 39.2 Å². The lowest BCUT2D eigenvalue weighted by molar-refractivity contribution is -0.350. The molecular weight excluding hydrogens is 656 g/mol. The number of aromatic nitrogens is 1. The third kappa shape index (κ3) is 5.07. The van der Waals surface area contributed by atoms with Crippen molar-refractivity contribution in [3.8, 4) is 0 Å². The topological polar surface area (TPSA) is 111 Å². The van der Waals surface area contributed by atoms with Crippen molar-refractivity contribution >= 4 is 21.8 Å². The van der Waals surface area contributed by atoms with Gasteiger partial charge in [-0.15, -0.1) is 0 Å². The number of alkyl halides is 7. The first kappa shape index (κ1) is 33.8. The number of hydrogen-bond donors (Lipinski definition) is 1. The van der Waals surface area contributed by atoms with Crippen LogP contribution in [0.4, 0.5) is 39.9 Å². The van der Waals surface area contributed by atoms with Gasteiger partial charge in [-0.2, -0.15) is 26.3 Å². The summed E-state index contributed by atoms with van der Waals surface area (Å²) in [7, 11) is -4.72. The molecule has 1 aromatic heterocycles. The fraction of sp³-hybridized carbons (Fsp3) is 0.536. The van der Waals surface area contributed by atoms with E-state index in [2.05, 4.69) is 4.98 Å². The molecule has 2 atom stereocenters. The maximum Gasteiger partial charge on any atom is 0.437 e. The number of rotatable bonds is 5. The minimum absolute atomic E-state index is 0.0989. The van der Waals surface area contributed by atoms with Crippen LogP contribution in [0.3, 0.4) is 0 Å². The van der Waals surface area contributed by atoms with Crippen molar-refractivity contribution in [1.82, 2.24) is 19.9 Å². The van der Waals surface area contributed by atoms with Gasteiger partial charge in [0.05, 0.1) is 35.3 Å². The van der Waals surface area contributed by atoms with Gasteiger partial charge < -0.3 is 10.0 Å². The highest BCUT2D eigenvalue weighted by molar-refractivity contribution is 7.92. The van der Waals surface area contributed by atoms with Crippen LogP contribution in [0.25, 0.3) is 0 Å². The molecule has 3 aliphatic rings. The van der Waals surface area contributed by atoms with Gasteiger partial charge in [-0.25, -0.2) is 32.0 Å². The zero-order chi connectivity index (χ0) is 34.3. The fourth-order valence-corrected chi connectivity index (χ4v) is 8.92. The number of amides is 3. The summed E-state index contributed by atoms with van der Waals surface area (Å²) >= 11 is 0. The lowest BCUT2D eigenvalue weighted by Gasteiger charge is -2.44. The molecule has 9 nitrogen and oxygen atoms in total. The minimum atomic E-state index is -6.46. The second kappa shape index (κ2) is 10.7. The summed E-state index contributed by atoms with van der Waals surface area (Å²) in [5.74, 6) is -1.29. The highest BCUT2D eigenvalue weighted by atomic mass is 32.2. The molecule has 2 unspecified atom stereocenters. The summed E-state index contributed by atoms with van der Waals surface area (Å²) in [5, 5.41) is 12.4. The van der Waals surface area contributed by atoms with Gasteiger partial charge in [0.15, 0.2) is 9.84 Å². The van der Waals surface area contributed by atoms with Crippen molar-refractivity contribution in [2.45, 2.75) is 78.8 Å². The summed E-state index contributed by atoms with van der Waals surface area (Å²) in [6.45, 7) is 2.13. The van der Waals surface area contributed by atoms with Crippen molar-refractivity contribution in [2.75, 3.05) is 19.6 Å². The average molecular weight is 685 g/mol. The van der Waals surface area contributed by atoms with Crippen LogP contribution in [0.2, 0.25) is 0 Å². The van der Waals surface area contributed by atoms with Crippen LogP contribution in [-0.4, -0.2) is 89.0 Å². The Morgan fingerprint density at radius 2 is 1.63 bits per heavy atom. The number of nitrogens with zero attached hydrogens (tertiary/aromatic N) is 4. The normalized spacial score (nSPS) is 22.7. The van der Waals surface area contributed by atoms with Crippen molar-refractivity contribution in [1.29, 1.82) is 0 Å². The second-order valence-corrected chi connectivity index (χ2v) is 14.4. The van der Waals surface area contributed by atoms with Gasteiger partial charge in [-0.05, 0) is 74.6 Å². The zero-order valence-corrected chi connectivity index (χ0v) is 25.1. The first-order chi connectivity index (χ1) is 21.1. The van der Waals surface area contributed by atoms with Crippen LogP contribution in [0.5, 0.6) is 0 Å². The summed E-state index contributed by atoms with van der Waals surface area (Å²) < 4.78 is 137. The zero-order valence-electron chi connectivity index (χ0n) is 24.3. The molecule has 1 N–H and O–H groups in total. The Balaban J connectivity index is 1.65. The van der Waals surface area contributed by atoms with Gasteiger partial charge in [-0.3, -0.25) is 9.78 Å². The maximum atomic E-state index is 15.0. The van der Waals surface area contributed by atoms with E-state index in [1.54, 1.807) is 0 Å². The smallest absolute Gasteiger partial charge is 0.389 e. The minimum Gasteiger partial charge on any atom is -0.389 e. The van der Waals surface area contributed by atoms with E-state index in [1.807, 2.05) is 0 Å². The average Bonchev–Trinajstić information content (AvgIpc) is 3.51. The molecule has 18 heteroatoms. The Hall–Kier alpha value is -3.54. The highest BCUT2D eigenvalue weighted by Gasteiger charge is 2.75. The Labute approximate surface area is 257 Å². The number of fused-ring (bicyclic) bond motifs is 3. The summed E-state index contributed by atoms with van der Waals surface area (Å²) in [4.78, 5) is 30.4. The number of aryl methyl sites for hydroxylation is 1. The largest absolute Gasteiger partial charge is 0.437 e. The number of hydrazine groups is 1. The Kier molecular flexibility index (Phi) is 7.90. The number of carbonyl (C=O) groups is 2. The number of likely N-dealkylation sites (tertiary alicyclic amines) is 1. The SMILES string of the molecule is CC(C)(O)CN1C(=O)CCN1C(=O)N1CCC2(S(=O)(=O)c3ccc(F)cc3)c3cnc(C(F)(C(F)(F)F)C(F)(F)F)cc3CCC12. The summed E-state index contributed by atoms with van der Waals surface area (Å²) in [6, 6.07) is 1.70. The third-order valence-corrected chi connectivity index (χ3v) is 11.2. The molecule has 2 fully saturated rings. The Morgan fingerprint density at radius 3 is 2.20 bits per heavy atom. The number of urea groups is 1. The molecule has 5 rings (SSSR count). The van der Waals surface area contributed by atoms with E-state index in [9.17, 15) is 58.2 Å². The van der Waals surface area contributed by atoms with E-state index < -0.39 is 79.0 Å². The molecular formula is C28H28F8N4O5S. The molecule has 3 amide bonds. The van der Waals surface area contributed by atoms with Crippen LogP contribution in [0.15, 0.2) is 41.4 Å². The van der Waals surface area contributed by atoms with E-state index in [4.69, 9.17) is 0 Å². The molecule has 0 bridgehead atoms. The number of hydrogen-bond acceptors (Lipinski definition) is 6. The molecule has 1 aliphatic carbocycles. The first-order valence-electron chi connectivity index (χ1n) is 14.0. The molecule has 0 spiro atoms. The molecule has 2 aliphatic heterocycles. The lowest BCUT2D eigenvalue weighted by Crippen LogP contribution is -2.58. The second-order valence-electron chi connectivity index (χ2n) is 12.1. The van der Waals surface area contributed by atoms with Gasteiger partial charge in [0.1, 0.15) is 10.6 Å². The van der Waals surface area contributed by atoms with Gasteiger partial charge in [0.25, 0.3) is 0 Å². The van der Waals surface area contributed by atoms with Crippen LogP contribution < -0.4 is 0 Å². The number of pyridine rings is 1. The van der Waals surface area contributed by atoms with E-state index in [0.29, 0.717) is 6.20 Å². The van der Waals surface area contributed by atoms with Gasteiger partial charge in [0, 0.05) is 19.2 Å². The third-order valence-electron chi connectivity index (χ3n) is 8.63. The number of carbonyl (C=O) groups excluding carboxylic acids is 2. The van der Waals surface area contributed by atoms with Crippen molar-refractivity contribution < 1.29 is 58.2 Å². The molecule has 0 saturated carbocycles. The maximum absolute atomic E-state index is 15.0. The fourth-order valence-electron chi connectivity index (χ4n) is 6.56. The van der Waals surface area contributed by atoms with Crippen LogP contribution in [0.1, 0.15) is 49.9 Å². The quantitative estimate of drug-likeness (QED) is 0.366. The Morgan fingerprint density at radius 1 is 1.02 bits per heavy atom. The molecule has 3 heterocycles. The molecule has 252 valence electrons. The first-order valence-corrected chi connectivity index (χ1v) is 15.5. The number of β-amino-alcohol motifs (C(OH)–C–C–N with tert-alkyl or cyclic N) is 1. The van der Waals surface area contributed by atoms with Crippen molar-refractivity contribution in [2.24, 2.45) is 0 Å². The van der Waals surface area contributed by atoms with Crippen LogP contribution in [-0.2, 0) is 31.5 Å². The summed E-state index contributed by atoms with van der Waals surface area (Å²) in [6.07, 6.45) is -13.6. The Bertz CT molecular complexity index is 1650. The standard InChI is InChI=1S/C28H28F8N4O5S/c1-24(2,43)15-40-22(41)9-11-39(40)23(42)38-12-10-25(46(44,45)18-6-4-17(29)5-7-18)19-14-37-20(13-16(19)3-8-21(25)38)26(30,27(31,32)33)28(34,35)36/h4-7,13-14,21,43H,3,8-12,15H2,1-2H3. The van der Waals surface area contributed by atoms with Crippen molar-refractivity contribution in [3.05, 3.63) is 59.2 Å². The van der Waals surface area contributed by atoms with Gasteiger partial charge in [0.2, 0.25) is 5.91 Å². The van der Waals surface area contributed by atoms with Crippen LogP contribution in [0, 0.1) is 5.82 Å². The predicted octanol–water partition coefficient (Wildman–Crippen LogP) is 4.54. The number of aliphatic hydroxyl groups is 1. The van der Waals surface area contributed by atoms with Gasteiger partial charge in [-0.1, -0.05) is 0 Å². The monoisotopic (exact) mass is 684 g/mol. The number of halogens is 8. The molecule has 0 radical (unpaired) electrons. The summed E-state index contributed by atoms with van der Waals surface area (Å²) in [5.41, 5.74) is -9.99. The van der Waals surface area contributed by atoms with Crippen LogP contribution >= 0.6 is 0 Å². The van der Waals surface area contributed by atoms with E-state index in [1.165, 1.54) is 13.8 Å². The van der Waals surface area contributed by atoms with Gasteiger partial charge >= 0.3 is 24.1 Å². The highest BCUT2D eigenvalue weighted by Crippen LogP contribution is 2.56. The van der Waals surface area contributed by atoms with E-state index in [-0.39, 0.29) is 56.1 Å². The van der Waals surface area contributed by atoms with E-state index >= 15 is 0 Å². The lowest BCUT2D eigenvalue weighted by atomic mass is 9.78. The molecule has 1 aromatic carbocycles.